The molecule has 1 aliphatic rings. The molecule has 10 heteroatoms. The first-order valence-electron chi connectivity index (χ1n) is 16.5. The highest BCUT2D eigenvalue weighted by Crippen LogP contribution is 2.42. The zero-order chi connectivity index (χ0) is 34.9. The second kappa shape index (κ2) is 16.2. The maximum Gasteiger partial charge on any atom is 0.307 e. The number of aliphatic hydroxyl groups is 1. The zero-order valence-electron chi connectivity index (χ0n) is 29.0. The van der Waals surface area contributed by atoms with Crippen molar-refractivity contribution in [3.05, 3.63) is 95.2 Å². The van der Waals surface area contributed by atoms with Crippen molar-refractivity contribution in [1.29, 1.82) is 0 Å². The molecule has 3 N–H and O–H groups in total. The van der Waals surface area contributed by atoms with Crippen molar-refractivity contribution in [2.45, 2.75) is 85.9 Å². The predicted molar refractivity (Wildman–Crippen MR) is 186 cm³/mol. The zero-order valence-corrected chi connectivity index (χ0v) is 29.0. The third-order valence-electron chi connectivity index (χ3n) is 8.11. The first kappa shape index (κ1) is 36.6. The molecule has 0 bridgehead atoms. The molecule has 0 spiro atoms. The van der Waals surface area contributed by atoms with E-state index >= 15 is 0 Å². The summed E-state index contributed by atoms with van der Waals surface area (Å²) in [5, 5.41) is 21.8. The smallest absolute Gasteiger partial charge is 0.307 e. The van der Waals surface area contributed by atoms with Gasteiger partial charge in [-0.3, -0.25) is 9.78 Å². The maximum atomic E-state index is 13.2. The van der Waals surface area contributed by atoms with E-state index in [1.54, 1.807) is 39.2 Å². The number of aromatic nitrogens is 2. The summed E-state index contributed by atoms with van der Waals surface area (Å²) < 4.78 is 24.3. The number of carboxylic acid groups (broad SMARTS) is 1. The Balaban J connectivity index is 0.000000968. The summed E-state index contributed by atoms with van der Waals surface area (Å²) in [6.07, 6.45) is 5.61. The van der Waals surface area contributed by atoms with Crippen LogP contribution < -0.4 is 15.0 Å². The lowest BCUT2D eigenvalue weighted by Crippen LogP contribution is -2.38. The van der Waals surface area contributed by atoms with E-state index in [2.05, 4.69) is 29.0 Å². The van der Waals surface area contributed by atoms with Crippen LogP contribution in [-0.2, 0) is 30.7 Å². The van der Waals surface area contributed by atoms with E-state index in [1.165, 1.54) is 18.5 Å². The molecule has 2 aromatic carbocycles. The molecule has 2 aromatic heterocycles. The summed E-state index contributed by atoms with van der Waals surface area (Å²) in [4.78, 5) is 23.6. The standard InChI is InChI=1S/C34H39FN4O4.C4H10O/c1-23-29(18-31(40)41)33(39-15-13-34(2,3)14-16-39)32(30(38-23)20-36-19-27-21-42-22-37-27)25-6-10-28(11-7-25)43-17-12-24-4-8-26(35)9-5-24;1-4(2,3)5/h4-11,21-22,36H,12-20H2,1-3H3,(H,40,41);5H,1-3H3. The molecule has 1 aliphatic heterocycles. The number of hydrogen-bond donors (Lipinski definition) is 3. The normalized spacial score (nSPS) is 14.3. The van der Waals surface area contributed by atoms with Gasteiger partial charge in [-0.25, -0.2) is 9.37 Å². The summed E-state index contributed by atoms with van der Waals surface area (Å²) in [6.45, 7) is 14.8. The molecular weight excluding hydrogens is 611 g/mol. The second-order valence-electron chi connectivity index (χ2n) is 14.1. The number of nitrogens with zero attached hydrogens (tertiary/aromatic N) is 3. The molecule has 3 heterocycles. The van der Waals surface area contributed by atoms with Gasteiger partial charge in [0.2, 0.25) is 0 Å². The fourth-order valence-electron chi connectivity index (χ4n) is 5.55. The van der Waals surface area contributed by atoms with E-state index in [-0.39, 0.29) is 17.7 Å². The van der Waals surface area contributed by atoms with E-state index in [9.17, 15) is 14.3 Å². The molecule has 1 fully saturated rings. The quantitative estimate of drug-likeness (QED) is 0.146. The summed E-state index contributed by atoms with van der Waals surface area (Å²) >= 11 is 0. The Kier molecular flexibility index (Phi) is 12.3. The number of ether oxygens (including phenoxy) is 1. The highest BCUT2D eigenvalue weighted by molar-refractivity contribution is 5.86. The van der Waals surface area contributed by atoms with Gasteiger partial charge in [0.15, 0.2) is 6.39 Å². The molecular formula is C38H49FN4O5. The number of carboxylic acids is 1. The molecule has 1 saturated heterocycles. The van der Waals surface area contributed by atoms with Crippen molar-refractivity contribution in [3.63, 3.8) is 0 Å². The van der Waals surface area contributed by atoms with E-state index in [0.29, 0.717) is 26.1 Å². The number of carbonyl (C=O) groups is 1. The summed E-state index contributed by atoms with van der Waals surface area (Å²) in [5.74, 6) is -0.405. The molecule has 9 nitrogen and oxygen atoms in total. The molecule has 258 valence electrons. The van der Waals surface area contributed by atoms with Crippen LogP contribution >= 0.6 is 0 Å². The molecule has 5 rings (SSSR count). The number of pyridine rings is 1. The molecule has 4 aromatic rings. The van der Waals surface area contributed by atoms with E-state index in [4.69, 9.17) is 19.2 Å². The number of halogens is 1. The van der Waals surface area contributed by atoms with Gasteiger partial charge < -0.3 is 29.6 Å². The van der Waals surface area contributed by atoms with E-state index in [1.807, 2.05) is 31.2 Å². The van der Waals surface area contributed by atoms with Gasteiger partial charge in [-0.1, -0.05) is 38.1 Å². The lowest BCUT2D eigenvalue weighted by Gasteiger charge is -2.40. The van der Waals surface area contributed by atoms with Crippen LogP contribution in [0, 0.1) is 18.2 Å². The minimum Gasteiger partial charge on any atom is -0.493 e. The van der Waals surface area contributed by atoms with Crippen molar-refractivity contribution >= 4 is 11.7 Å². The fraction of sp³-hybridized carbons (Fsp3) is 0.447. The third-order valence-corrected chi connectivity index (χ3v) is 8.11. The summed E-state index contributed by atoms with van der Waals surface area (Å²) in [5.41, 5.74) is 6.70. The largest absolute Gasteiger partial charge is 0.493 e. The third kappa shape index (κ3) is 11.2. The van der Waals surface area contributed by atoms with Gasteiger partial charge in [0.05, 0.1) is 35.7 Å². The Bertz CT molecular complexity index is 1600. The van der Waals surface area contributed by atoms with Crippen molar-refractivity contribution in [3.8, 4) is 16.9 Å². The number of benzene rings is 2. The van der Waals surface area contributed by atoms with Crippen molar-refractivity contribution in [1.82, 2.24) is 15.3 Å². The van der Waals surface area contributed by atoms with Crippen LogP contribution in [0.3, 0.4) is 0 Å². The topological polar surface area (TPSA) is 121 Å². The fourth-order valence-corrected chi connectivity index (χ4v) is 5.55. The van der Waals surface area contributed by atoms with E-state index in [0.717, 1.165) is 76.7 Å². The number of hydrogen-bond acceptors (Lipinski definition) is 8. The van der Waals surface area contributed by atoms with Crippen LogP contribution in [0.25, 0.3) is 11.1 Å². The Morgan fingerprint density at radius 1 is 1.06 bits per heavy atom. The van der Waals surface area contributed by atoms with Crippen molar-refractivity contribution in [2.75, 3.05) is 24.6 Å². The average Bonchev–Trinajstić information content (AvgIpc) is 3.53. The van der Waals surface area contributed by atoms with Gasteiger partial charge in [-0.05, 0) is 81.3 Å². The average molecular weight is 661 g/mol. The molecule has 0 saturated carbocycles. The highest BCUT2D eigenvalue weighted by atomic mass is 19.1. The first-order valence-corrected chi connectivity index (χ1v) is 16.5. The van der Waals surface area contributed by atoms with Gasteiger partial charge >= 0.3 is 5.97 Å². The monoisotopic (exact) mass is 660 g/mol. The van der Waals surface area contributed by atoms with Crippen molar-refractivity contribution in [2.24, 2.45) is 5.41 Å². The number of aryl methyl sites for hydroxylation is 1. The van der Waals surface area contributed by atoms with E-state index < -0.39 is 11.6 Å². The SMILES string of the molecule is CC(C)(C)O.Cc1nc(CNCc2cocn2)c(-c2ccc(OCCc3ccc(F)cc3)cc2)c(N2CCC(C)(C)CC2)c1CC(=O)O. The van der Waals surface area contributed by atoms with Gasteiger partial charge in [0.25, 0.3) is 0 Å². The van der Waals surface area contributed by atoms with Crippen LogP contribution in [-0.4, -0.2) is 51.4 Å². The van der Waals surface area contributed by atoms with Gasteiger partial charge in [0, 0.05) is 49.4 Å². The molecule has 0 amide bonds. The van der Waals surface area contributed by atoms with Crippen LogP contribution in [0.5, 0.6) is 5.75 Å². The number of aliphatic carboxylic acids is 1. The van der Waals surface area contributed by atoms with Crippen LogP contribution in [0.4, 0.5) is 10.1 Å². The molecule has 0 radical (unpaired) electrons. The minimum atomic E-state index is -0.878. The van der Waals surface area contributed by atoms with Crippen molar-refractivity contribution < 1.29 is 28.6 Å². The number of nitrogens with one attached hydrogen (secondary N) is 1. The number of oxazole rings is 1. The Morgan fingerprint density at radius 3 is 2.29 bits per heavy atom. The maximum absolute atomic E-state index is 13.2. The van der Waals surface area contributed by atoms with Crippen LogP contribution in [0.15, 0.2) is 65.6 Å². The first-order chi connectivity index (χ1) is 22.7. The Labute approximate surface area is 283 Å². The summed E-state index contributed by atoms with van der Waals surface area (Å²) in [7, 11) is 0. The molecule has 48 heavy (non-hydrogen) atoms. The van der Waals surface area contributed by atoms with Gasteiger partial charge in [-0.2, -0.15) is 0 Å². The highest BCUT2D eigenvalue weighted by Gasteiger charge is 2.30. The number of anilines is 1. The van der Waals surface area contributed by atoms with Gasteiger partial charge in [-0.15, -0.1) is 0 Å². The lowest BCUT2D eigenvalue weighted by molar-refractivity contribution is -0.136. The Morgan fingerprint density at radius 2 is 1.71 bits per heavy atom. The van der Waals surface area contributed by atoms with Crippen LogP contribution in [0.2, 0.25) is 0 Å². The van der Waals surface area contributed by atoms with Crippen LogP contribution in [0.1, 0.15) is 75.7 Å². The second-order valence-corrected chi connectivity index (χ2v) is 14.1. The molecule has 0 aliphatic carbocycles. The summed E-state index contributed by atoms with van der Waals surface area (Å²) in [6, 6.07) is 14.4. The molecule has 0 unspecified atom stereocenters. The number of rotatable bonds is 12. The van der Waals surface area contributed by atoms with Gasteiger partial charge in [0.1, 0.15) is 17.8 Å². The number of piperidine rings is 1. The lowest BCUT2D eigenvalue weighted by atomic mass is 9.82. The predicted octanol–water partition coefficient (Wildman–Crippen LogP) is 7.13. The molecule has 0 atom stereocenters. The minimum absolute atomic E-state index is 0.0989. The Hall–Kier alpha value is -4.28.